The Labute approximate surface area is 188 Å². The summed E-state index contributed by atoms with van der Waals surface area (Å²) in [5, 5.41) is 5.82. The third-order valence-electron chi connectivity index (χ3n) is 4.17. The second-order valence-electron chi connectivity index (χ2n) is 6.45. The number of rotatable bonds is 5. The highest BCUT2D eigenvalue weighted by Crippen LogP contribution is 2.36. The number of hydrogen-bond donors (Lipinski definition) is 1. The van der Waals surface area contributed by atoms with Gasteiger partial charge in [0.15, 0.2) is 6.61 Å². The van der Waals surface area contributed by atoms with Crippen molar-refractivity contribution in [2.75, 3.05) is 11.9 Å². The Kier molecular flexibility index (Phi) is 6.75. The Hall–Kier alpha value is -3.11. The molecular weight excluding hydrogens is 477 g/mol. The summed E-state index contributed by atoms with van der Waals surface area (Å²) in [6.07, 6.45) is -4.76. The Morgan fingerprint density at radius 3 is 2.41 bits per heavy atom. The smallest absolute Gasteiger partial charge is 0.418 e. The van der Waals surface area contributed by atoms with Crippen molar-refractivity contribution in [2.24, 2.45) is 0 Å². The van der Waals surface area contributed by atoms with E-state index in [0.717, 1.165) is 6.07 Å². The van der Waals surface area contributed by atoms with Crippen LogP contribution in [0.4, 0.5) is 23.2 Å². The van der Waals surface area contributed by atoms with Crippen LogP contribution in [0.1, 0.15) is 21.6 Å². The molecule has 6 nitrogen and oxygen atoms in total. The van der Waals surface area contributed by atoms with Crippen molar-refractivity contribution in [3.8, 4) is 5.69 Å². The van der Waals surface area contributed by atoms with Gasteiger partial charge in [0.05, 0.1) is 22.6 Å². The molecule has 2 aromatic carbocycles. The summed E-state index contributed by atoms with van der Waals surface area (Å²) in [7, 11) is 0. The third kappa shape index (κ3) is 5.20. The first-order valence-electron chi connectivity index (χ1n) is 8.82. The summed E-state index contributed by atoms with van der Waals surface area (Å²) in [4.78, 5) is 24.5. The highest BCUT2D eigenvalue weighted by molar-refractivity contribution is 6.33. The van der Waals surface area contributed by atoms with Gasteiger partial charge in [-0.25, -0.2) is 13.9 Å². The number of carbonyl (C=O) groups excluding carboxylic acids is 2. The van der Waals surface area contributed by atoms with Crippen LogP contribution in [0.25, 0.3) is 5.69 Å². The van der Waals surface area contributed by atoms with Gasteiger partial charge < -0.3 is 10.1 Å². The number of halogens is 6. The molecule has 0 aliphatic carbocycles. The lowest BCUT2D eigenvalue weighted by molar-refractivity contribution is -0.137. The molecule has 0 atom stereocenters. The van der Waals surface area contributed by atoms with E-state index in [1.54, 1.807) is 0 Å². The number of nitrogens with one attached hydrogen (secondary N) is 1. The quantitative estimate of drug-likeness (QED) is 0.382. The van der Waals surface area contributed by atoms with E-state index in [2.05, 4.69) is 5.10 Å². The second-order valence-corrected chi connectivity index (χ2v) is 7.25. The summed E-state index contributed by atoms with van der Waals surface area (Å²) >= 11 is 11.8. The number of alkyl halides is 3. The summed E-state index contributed by atoms with van der Waals surface area (Å²) < 4.78 is 58.6. The molecule has 1 heterocycles. The molecule has 12 heteroatoms. The SMILES string of the molecule is Cc1nn(-c2ccc(F)cc2)c(Cl)c1C(=O)OCC(=O)Nc1ccc(Cl)cc1C(F)(F)F. The number of esters is 1. The van der Waals surface area contributed by atoms with Crippen LogP contribution in [-0.2, 0) is 15.7 Å². The summed E-state index contributed by atoms with van der Waals surface area (Å²) in [6.45, 7) is 0.585. The molecule has 32 heavy (non-hydrogen) atoms. The molecule has 1 aromatic heterocycles. The molecule has 1 amide bonds. The zero-order valence-electron chi connectivity index (χ0n) is 16.1. The Morgan fingerprint density at radius 1 is 1.12 bits per heavy atom. The molecule has 0 radical (unpaired) electrons. The van der Waals surface area contributed by atoms with Crippen molar-refractivity contribution >= 4 is 40.8 Å². The molecule has 3 rings (SSSR count). The fraction of sp³-hybridized carbons (Fsp3) is 0.150. The zero-order valence-corrected chi connectivity index (χ0v) is 17.6. The van der Waals surface area contributed by atoms with Crippen molar-refractivity contribution in [3.05, 3.63) is 75.3 Å². The molecule has 0 spiro atoms. The predicted octanol–water partition coefficient (Wildman–Crippen LogP) is 5.44. The fourth-order valence-electron chi connectivity index (χ4n) is 2.73. The van der Waals surface area contributed by atoms with Crippen molar-refractivity contribution in [3.63, 3.8) is 0 Å². The molecule has 0 unspecified atom stereocenters. The number of benzene rings is 2. The third-order valence-corrected chi connectivity index (χ3v) is 4.76. The number of ether oxygens (including phenoxy) is 1. The molecule has 0 aliphatic heterocycles. The summed E-state index contributed by atoms with van der Waals surface area (Å²) in [5.41, 5.74) is -1.29. The average Bonchev–Trinajstić information content (AvgIpc) is 3.01. The predicted molar refractivity (Wildman–Crippen MR) is 109 cm³/mol. The lowest BCUT2D eigenvalue weighted by Crippen LogP contribution is -2.23. The molecular formula is C20H13Cl2F4N3O3. The van der Waals surface area contributed by atoms with Gasteiger partial charge in [-0.3, -0.25) is 4.79 Å². The Bertz CT molecular complexity index is 1180. The zero-order chi connectivity index (χ0) is 23.6. The van der Waals surface area contributed by atoms with Crippen LogP contribution >= 0.6 is 23.2 Å². The van der Waals surface area contributed by atoms with Crippen LogP contribution in [0, 0.1) is 12.7 Å². The van der Waals surface area contributed by atoms with E-state index >= 15 is 0 Å². The van der Waals surface area contributed by atoms with E-state index in [4.69, 9.17) is 27.9 Å². The Morgan fingerprint density at radius 2 is 1.78 bits per heavy atom. The number of nitrogens with zero attached hydrogens (tertiary/aromatic N) is 2. The monoisotopic (exact) mass is 489 g/mol. The standard InChI is InChI=1S/C20H13Cl2F4N3O3/c1-10-17(18(22)29(28-10)13-5-3-12(23)4-6-13)19(31)32-9-16(30)27-15-7-2-11(21)8-14(15)20(24,25)26/h2-8H,9H2,1H3,(H,27,30). The molecule has 0 aliphatic rings. The fourth-order valence-corrected chi connectivity index (χ4v) is 3.26. The minimum absolute atomic E-state index is 0.142. The molecule has 0 saturated heterocycles. The van der Waals surface area contributed by atoms with Gasteiger partial charge in [0.1, 0.15) is 16.5 Å². The van der Waals surface area contributed by atoms with Gasteiger partial charge in [-0.05, 0) is 49.4 Å². The van der Waals surface area contributed by atoms with Crippen LogP contribution in [-0.4, -0.2) is 28.3 Å². The van der Waals surface area contributed by atoms with Crippen LogP contribution in [0.2, 0.25) is 10.2 Å². The van der Waals surface area contributed by atoms with E-state index in [1.165, 1.54) is 41.9 Å². The minimum Gasteiger partial charge on any atom is -0.452 e. The molecule has 3 aromatic rings. The van der Waals surface area contributed by atoms with Gasteiger partial charge in [-0.1, -0.05) is 23.2 Å². The largest absolute Gasteiger partial charge is 0.452 e. The van der Waals surface area contributed by atoms with Crippen LogP contribution in [0.5, 0.6) is 0 Å². The Balaban J connectivity index is 1.72. The first-order chi connectivity index (χ1) is 15.0. The minimum atomic E-state index is -4.76. The first-order valence-corrected chi connectivity index (χ1v) is 9.57. The molecule has 0 fully saturated rings. The summed E-state index contributed by atoms with van der Waals surface area (Å²) in [5.74, 6) is -2.50. The van der Waals surface area contributed by atoms with E-state index in [-0.39, 0.29) is 21.4 Å². The summed E-state index contributed by atoms with van der Waals surface area (Å²) in [6, 6.07) is 7.95. The van der Waals surface area contributed by atoms with E-state index in [9.17, 15) is 27.2 Å². The maximum Gasteiger partial charge on any atom is 0.418 e. The van der Waals surface area contributed by atoms with E-state index in [1.807, 2.05) is 5.32 Å². The van der Waals surface area contributed by atoms with Crippen molar-refractivity contribution < 1.29 is 31.9 Å². The highest BCUT2D eigenvalue weighted by atomic mass is 35.5. The maximum absolute atomic E-state index is 13.1. The number of aryl methyl sites for hydroxylation is 1. The van der Waals surface area contributed by atoms with Gasteiger partial charge in [0.2, 0.25) is 0 Å². The number of amides is 1. The van der Waals surface area contributed by atoms with Gasteiger partial charge in [0.25, 0.3) is 5.91 Å². The first kappa shape index (κ1) is 23.6. The molecule has 0 saturated carbocycles. The van der Waals surface area contributed by atoms with Gasteiger partial charge in [0, 0.05) is 5.02 Å². The van der Waals surface area contributed by atoms with Gasteiger partial charge >= 0.3 is 12.1 Å². The molecule has 168 valence electrons. The van der Waals surface area contributed by atoms with Crippen molar-refractivity contribution in [1.82, 2.24) is 9.78 Å². The highest BCUT2D eigenvalue weighted by Gasteiger charge is 2.34. The van der Waals surface area contributed by atoms with Crippen LogP contribution in [0.3, 0.4) is 0 Å². The number of anilines is 1. The van der Waals surface area contributed by atoms with Crippen LogP contribution in [0.15, 0.2) is 42.5 Å². The van der Waals surface area contributed by atoms with Crippen molar-refractivity contribution in [1.29, 1.82) is 0 Å². The number of aromatic nitrogens is 2. The van der Waals surface area contributed by atoms with E-state index < -0.39 is 41.7 Å². The topological polar surface area (TPSA) is 73.2 Å². The average molecular weight is 490 g/mol. The van der Waals surface area contributed by atoms with Crippen molar-refractivity contribution in [2.45, 2.75) is 13.1 Å². The normalized spacial score (nSPS) is 11.3. The number of hydrogen-bond acceptors (Lipinski definition) is 4. The van der Waals surface area contributed by atoms with E-state index in [0.29, 0.717) is 11.8 Å². The van der Waals surface area contributed by atoms with Gasteiger partial charge in [-0.2, -0.15) is 18.3 Å². The number of carbonyl (C=O) groups is 2. The maximum atomic E-state index is 13.1. The molecule has 1 N–H and O–H groups in total. The lowest BCUT2D eigenvalue weighted by atomic mass is 10.1. The van der Waals surface area contributed by atoms with Crippen LogP contribution < -0.4 is 5.32 Å². The lowest BCUT2D eigenvalue weighted by Gasteiger charge is -2.14. The molecule has 0 bridgehead atoms. The second kappa shape index (κ2) is 9.17. The van der Waals surface area contributed by atoms with Gasteiger partial charge in [-0.15, -0.1) is 0 Å².